The summed E-state index contributed by atoms with van der Waals surface area (Å²) in [5, 5.41) is 17.1. The third-order valence-electron chi connectivity index (χ3n) is 5.67. The van der Waals surface area contributed by atoms with Crippen LogP contribution in [0.2, 0.25) is 0 Å². The smallest absolute Gasteiger partial charge is 0.249 e. The molecule has 1 atom stereocenters. The molecular weight excluding hydrogens is 444 g/mol. The Balaban J connectivity index is 1.60. The van der Waals surface area contributed by atoms with Crippen molar-refractivity contribution in [1.82, 2.24) is 9.78 Å². The van der Waals surface area contributed by atoms with E-state index in [2.05, 4.69) is 10.4 Å². The number of aromatic nitrogens is 2. The van der Waals surface area contributed by atoms with Gasteiger partial charge in [0.05, 0.1) is 17.5 Å². The minimum Gasteiger partial charge on any atom is -0.325 e. The molecule has 0 aliphatic carbocycles. The first kappa shape index (κ1) is 21.7. The first-order valence-electron chi connectivity index (χ1n) is 10.8. The Labute approximate surface area is 201 Å². The Morgan fingerprint density at radius 3 is 2.59 bits per heavy atom. The van der Waals surface area contributed by atoms with Gasteiger partial charge < -0.3 is 5.32 Å². The summed E-state index contributed by atoms with van der Waals surface area (Å²) in [6.45, 7) is 1.99. The van der Waals surface area contributed by atoms with Gasteiger partial charge in [-0.15, -0.1) is 11.8 Å². The van der Waals surface area contributed by atoms with Gasteiger partial charge in [0.1, 0.15) is 5.69 Å². The number of aryl methyl sites for hydroxylation is 1. The molecule has 0 saturated carbocycles. The molecule has 2 heterocycles. The quantitative estimate of drug-likeness (QED) is 0.315. The fourth-order valence-corrected chi connectivity index (χ4v) is 5.12. The van der Waals surface area contributed by atoms with Crippen LogP contribution < -0.4 is 5.32 Å². The minimum absolute atomic E-state index is 0.160. The number of Topliss-reactive ketones (excluding diaryl/α,β-unsaturated/α-hetero) is 1. The zero-order chi connectivity index (χ0) is 23.7. The average molecular weight is 465 g/mol. The van der Waals surface area contributed by atoms with Gasteiger partial charge in [0.2, 0.25) is 11.7 Å². The van der Waals surface area contributed by atoms with Crippen molar-refractivity contribution in [3.63, 3.8) is 0 Å². The van der Waals surface area contributed by atoms with Crippen molar-refractivity contribution >= 4 is 29.1 Å². The normalized spacial score (nSPS) is 12.7. The Morgan fingerprint density at radius 2 is 1.82 bits per heavy atom. The molecule has 7 heteroatoms. The van der Waals surface area contributed by atoms with Gasteiger partial charge in [0.15, 0.2) is 5.92 Å². The van der Waals surface area contributed by atoms with E-state index in [-0.39, 0.29) is 5.69 Å². The maximum atomic E-state index is 13.5. The summed E-state index contributed by atoms with van der Waals surface area (Å²) in [6.07, 6.45) is 0. The van der Waals surface area contributed by atoms with Gasteiger partial charge >= 0.3 is 0 Å². The number of anilines is 1. The lowest BCUT2D eigenvalue weighted by molar-refractivity contribution is -0.117. The number of carbonyl (C=O) groups is 2. The van der Waals surface area contributed by atoms with E-state index in [0.717, 1.165) is 33.0 Å². The van der Waals surface area contributed by atoms with Gasteiger partial charge in [-0.05, 0) is 42.8 Å². The monoisotopic (exact) mass is 464 g/mol. The second-order valence-electron chi connectivity index (χ2n) is 7.99. The number of amides is 1. The molecule has 0 saturated heterocycles. The molecule has 1 aliphatic rings. The van der Waals surface area contributed by atoms with E-state index in [1.807, 2.05) is 67.6 Å². The molecule has 3 aromatic carbocycles. The second-order valence-corrected chi connectivity index (χ2v) is 9.01. The Bertz CT molecular complexity index is 1450. The van der Waals surface area contributed by atoms with Crippen molar-refractivity contribution < 1.29 is 9.59 Å². The molecule has 166 valence electrons. The summed E-state index contributed by atoms with van der Waals surface area (Å²) >= 11 is 1.62. The van der Waals surface area contributed by atoms with Gasteiger partial charge in [-0.3, -0.25) is 9.59 Å². The topological polar surface area (TPSA) is 87.8 Å². The molecule has 0 bridgehead atoms. The number of nitrogens with zero attached hydrogens (tertiary/aromatic N) is 3. The summed E-state index contributed by atoms with van der Waals surface area (Å²) in [5.41, 5.74) is 5.10. The number of ketones is 1. The van der Waals surface area contributed by atoms with Gasteiger partial charge in [-0.1, -0.05) is 48.5 Å². The number of carbonyl (C=O) groups excluding carboxylic acids is 2. The van der Waals surface area contributed by atoms with Crippen molar-refractivity contribution in [3.8, 4) is 23.0 Å². The fourth-order valence-electron chi connectivity index (χ4n) is 4.06. The number of hydrogen-bond acceptors (Lipinski definition) is 5. The van der Waals surface area contributed by atoms with Crippen molar-refractivity contribution in [2.75, 3.05) is 5.32 Å². The van der Waals surface area contributed by atoms with E-state index in [1.54, 1.807) is 40.7 Å². The van der Waals surface area contributed by atoms with Gasteiger partial charge in [-0.2, -0.15) is 10.4 Å². The van der Waals surface area contributed by atoms with Crippen LogP contribution in [0.15, 0.2) is 83.8 Å². The first-order valence-corrected chi connectivity index (χ1v) is 11.8. The zero-order valence-corrected chi connectivity index (χ0v) is 19.2. The Kier molecular flexibility index (Phi) is 5.74. The first-order chi connectivity index (χ1) is 16.6. The van der Waals surface area contributed by atoms with Crippen molar-refractivity contribution in [2.45, 2.75) is 17.6 Å². The van der Waals surface area contributed by atoms with E-state index in [9.17, 15) is 14.9 Å². The molecular formula is C27H20N4O2S. The summed E-state index contributed by atoms with van der Waals surface area (Å²) in [6, 6.07) is 26.5. The number of para-hydroxylation sites is 1. The average Bonchev–Trinajstić information content (AvgIpc) is 3.25. The second kappa shape index (κ2) is 9.00. The maximum absolute atomic E-state index is 13.5. The van der Waals surface area contributed by atoms with Crippen LogP contribution >= 0.6 is 11.8 Å². The molecule has 5 rings (SSSR count). The fraction of sp³-hybridized carbons (Fsp3) is 0.111. The molecule has 1 aliphatic heterocycles. The highest BCUT2D eigenvalue weighted by Gasteiger charge is 2.35. The maximum Gasteiger partial charge on any atom is 0.249 e. The number of hydrogen-bond donors (Lipinski definition) is 1. The highest BCUT2D eigenvalue weighted by Crippen LogP contribution is 2.44. The van der Waals surface area contributed by atoms with Gasteiger partial charge in [0, 0.05) is 27.5 Å². The van der Waals surface area contributed by atoms with E-state index in [4.69, 9.17) is 0 Å². The molecule has 6 nitrogen and oxygen atoms in total. The SMILES string of the molecule is Cc1cccc(-n2nc(C(=O)C(C#N)C(=O)Nc3ccccc3)c3c2-c2ccccc2SC3)c1. The number of nitrogens with one attached hydrogen (secondary N) is 1. The Hall–Kier alpha value is -4.15. The predicted octanol–water partition coefficient (Wildman–Crippen LogP) is 5.41. The highest BCUT2D eigenvalue weighted by atomic mass is 32.2. The molecule has 1 amide bonds. The van der Waals surface area contributed by atoms with Crippen molar-refractivity contribution in [2.24, 2.45) is 5.92 Å². The third-order valence-corrected chi connectivity index (χ3v) is 6.77. The van der Waals surface area contributed by atoms with Gasteiger partial charge in [0.25, 0.3) is 0 Å². The standard InChI is InChI=1S/C27H20N4O2S/c1-17-8-7-11-19(14-17)31-25-20-12-5-6-13-23(20)34-16-22(25)24(30-31)26(32)21(15-28)27(33)29-18-9-3-2-4-10-18/h2-14,21H,16H2,1H3,(H,29,33). The van der Waals surface area contributed by atoms with E-state index in [0.29, 0.717) is 11.4 Å². The summed E-state index contributed by atoms with van der Waals surface area (Å²) in [5.74, 6) is -2.25. The Morgan fingerprint density at radius 1 is 1.06 bits per heavy atom. The molecule has 0 fully saturated rings. The van der Waals surface area contributed by atoms with Crippen LogP contribution in [0.1, 0.15) is 21.6 Å². The number of rotatable bonds is 5. The van der Waals surface area contributed by atoms with Crippen LogP contribution in [0.3, 0.4) is 0 Å². The van der Waals surface area contributed by atoms with Crippen molar-refractivity contribution in [3.05, 3.63) is 95.7 Å². The number of benzene rings is 3. The van der Waals surface area contributed by atoms with Crippen molar-refractivity contribution in [1.29, 1.82) is 5.26 Å². The minimum atomic E-state index is -1.51. The molecule has 1 N–H and O–H groups in total. The summed E-state index contributed by atoms with van der Waals surface area (Å²) in [7, 11) is 0. The molecule has 34 heavy (non-hydrogen) atoms. The van der Waals surface area contributed by atoms with Crippen LogP contribution in [0.5, 0.6) is 0 Å². The number of fused-ring (bicyclic) bond motifs is 3. The molecule has 0 radical (unpaired) electrons. The van der Waals surface area contributed by atoms with Gasteiger partial charge in [-0.25, -0.2) is 4.68 Å². The summed E-state index contributed by atoms with van der Waals surface area (Å²) < 4.78 is 1.76. The van der Waals surface area contributed by atoms with Crippen LogP contribution in [0, 0.1) is 24.2 Å². The van der Waals surface area contributed by atoms with Crippen LogP contribution in [-0.2, 0) is 10.5 Å². The molecule has 0 spiro atoms. The molecule has 1 aromatic heterocycles. The number of thioether (sulfide) groups is 1. The zero-order valence-electron chi connectivity index (χ0n) is 18.4. The predicted molar refractivity (Wildman–Crippen MR) is 132 cm³/mol. The largest absolute Gasteiger partial charge is 0.325 e. The van der Waals surface area contributed by atoms with E-state index in [1.165, 1.54) is 0 Å². The van der Waals surface area contributed by atoms with E-state index >= 15 is 0 Å². The summed E-state index contributed by atoms with van der Waals surface area (Å²) in [4.78, 5) is 27.5. The molecule has 4 aromatic rings. The van der Waals surface area contributed by atoms with E-state index < -0.39 is 17.6 Å². The lowest BCUT2D eigenvalue weighted by Crippen LogP contribution is -2.29. The lowest BCUT2D eigenvalue weighted by atomic mass is 9.97. The van der Waals surface area contributed by atoms with Crippen LogP contribution in [0.4, 0.5) is 5.69 Å². The molecule has 1 unspecified atom stereocenters. The lowest BCUT2D eigenvalue weighted by Gasteiger charge is -2.18. The number of nitriles is 1. The highest BCUT2D eigenvalue weighted by molar-refractivity contribution is 7.98. The van der Waals surface area contributed by atoms with Crippen LogP contribution in [0.25, 0.3) is 16.9 Å². The third kappa shape index (κ3) is 3.89. The van der Waals surface area contributed by atoms with Crippen LogP contribution in [-0.4, -0.2) is 21.5 Å².